The number of hydrogen-bond donors (Lipinski definition) is 3. The molecule has 2 unspecified atom stereocenters. The van der Waals surface area contributed by atoms with Crippen LogP contribution in [0.2, 0.25) is 0 Å². The van der Waals surface area contributed by atoms with Gasteiger partial charge in [-0.05, 0) is 46.0 Å². The fourth-order valence-corrected chi connectivity index (χ4v) is 3.34. The van der Waals surface area contributed by atoms with Crippen LogP contribution >= 0.6 is 0 Å². The van der Waals surface area contributed by atoms with E-state index in [2.05, 4.69) is 53.7 Å². The molecule has 3 N–H and O–H groups in total. The normalized spacial score (nSPS) is 13.7. The number of hydrogen-bond acceptors (Lipinski definition) is 4. The van der Waals surface area contributed by atoms with Crippen LogP contribution in [0.15, 0.2) is 24.3 Å². The molecular weight excluding hydrogens is 390 g/mol. The molecule has 0 fully saturated rings. The van der Waals surface area contributed by atoms with Gasteiger partial charge in [0.15, 0.2) is 0 Å². The van der Waals surface area contributed by atoms with Gasteiger partial charge in [-0.15, -0.1) is 0 Å². The number of allylic oxidation sites excluding steroid dienone is 4. The summed E-state index contributed by atoms with van der Waals surface area (Å²) in [6.07, 6.45) is 16.0. The van der Waals surface area contributed by atoms with Crippen molar-refractivity contribution in [3.63, 3.8) is 0 Å². The monoisotopic (exact) mass is 437 g/mol. The summed E-state index contributed by atoms with van der Waals surface area (Å²) in [5.74, 6) is 0.126. The largest absolute Gasteiger partial charge is 0.396 e. The Balaban J connectivity index is 4.37. The van der Waals surface area contributed by atoms with Gasteiger partial charge in [0, 0.05) is 51.2 Å². The van der Waals surface area contributed by atoms with Crippen molar-refractivity contribution >= 4 is 11.8 Å². The van der Waals surface area contributed by atoms with E-state index in [4.69, 9.17) is 0 Å². The van der Waals surface area contributed by atoms with Crippen molar-refractivity contribution in [1.82, 2.24) is 15.5 Å². The predicted octanol–water partition coefficient (Wildman–Crippen LogP) is 3.95. The molecule has 2 atom stereocenters. The van der Waals surface area contributed by atoms with Crippen molar-refractivity contribution in [3.05, 3.63) is 24.3 Å². The highest BCUT2D eigenvalue weighted by Crippen LogP contribution is 2.02. The Morgan fingerprint density at radius 3 is 1.61 bits per heavy atom. The highest BCUT2D eigenvalue weighted by Gasteiger charge is 2.16. The van der Waals surface area contributed by atoms with E-state index < -0.39 is 0 Å². The van der Waals surface area contributed by atoms with E-state index in [9.17, 15) is 14.7 Å². The molecule has 0 aromatic rings. The quantitative estimate of drug-likeness (QED) is 0.267. The lowest BCUT2D eigenvalue weighted by Crippen LogP contribution is -2.47. The van der Waals surface area contributed by atoms with Crippen LogP contribution in [-0.2, 0) is 9.59 Å². The maximum Gasteiger partial charge on any atom is 0.220 e. The number of carbonyl (C=O) groups is 2. The van der Waals surface area contributed by atoms with Crippen molar-refractivity contribution in [2.45, 2.75) is 97.6 Å². The first kappa shape index (κ1) is 29.3. The van der Waals surface area contributed by atoms with Gasteiger partial charge in [-0.3, -0.25) is 14.5 Å². The van der Waals surface area contributed by atoms with E-state index in [1.165, 1.54) is 0 Å². The Labute approximate surface area is 190 Å². The van der Waals surface area contributed by atoms with Gasteiger partial charge in [0.1, 0.15) is 0 Å². The number of unbranched alkanes of at least 4 members (excludes halogenated alkanes) is 2. The number of rotatable bonds is 19. The lowest BCUT2D eigenvalue weighted by atomic mass is 10.2. The minimum atomic E-state index is 0.0115. The van der Waals surface area contributed by atoms with Crippen LogP contribution < -0.4 is 10.6 Å². The van der Waals surface area contributed by atoms with Crippen LogP contribution in [0.3, 0.4) is 0 Å². The Hall–Kier alpha value is -1.66. The van der Waals surface area contributed by atoms with Crippen LogP contribution in [0.1, 0.15) is 85.5 Å². The first-order chi connectivity index (χ1) is 14.9. The van der Waals surface area contributed by atoms with E-state index in [0.29, 0.717) is 32.4 Å². The minimum Gasteiger partial charge on any atom is -0.396 e. The zero-order valence-electron chi connectivity index (χ0n) is 20.4. The first-order valence-corrected chi connectivity index (χ1v) is 12.1. The molecule has 0 bridgehead atoms. The fraction of sp³-hybridized carbons (Fsp3) is 0.760. The van der Waals surface area contributed by atoms with Crippen LogP contribution in [-0.4, -0.2) is 60.1 Å². The number of nitrogens with one attached hydrogen (secondary N) is 2. The second-order valence-corrected chi connectivity index (χ2v) is 8.37. The lowest BCUT2D eigenvalue weighted by molar-refractivity contribution is -0.122. The summed E-state index contributed by atoms with van der Waals surface area (Å²) in [5.41, 5.74) is 0. The standard InChI is InChI=1S/C25H47N3O3/c1-5-7-9-11-13-16-24(30)26-22(3)20-28(18-15-19-29)21-23(4)27-25(31)17-14-12-10-8-6-2/h9-12,22-23,29H,5-8,13-21H2,1-4H3,(H,26,30)(H,27,31)/b11-9+,12-10+. The van der Waals surface area contributed by atoms with Crippen molar-refractivity contribution in [2.24, 2.45) is 0 Å². The smallest absolute Gasteiger partial charge is 0.220 e. The van der Waals surface area contributed by atoms with Gasteiger partial charge in [-0.2, -0.15) is 0 Å². The third kappa shape index (κ3) is 18.8. The number of carbonyl (C=O) groups excluding carboxylic acids is 2. The highest BCUT2D eigenvalue weighted by atomic mass is 16.3. The van der Waals surface area contributed by atoms with E-state index in [0.717, 1.165) is 45.1 Å². The van der Waals surface area contributed by atoms with E-state index >= 15 is 0 Å². The van der Waals surface area contributed by atoms with E-state index in [-0.39, 0.29) is 30.5 Å². The molecule has 0 saturated heterocycles. The summed E-state index contributed by atoms with van der Waals surface area (Å²) in [7, 11) is 0. The minimum absolute atomic E-state index is 0.0115. The van der Waals surface area contributed by atoms with Gasteiger partial charge in [-0.1, -0.05) is 51.0 Å². The Morgan fingerprint density at radius 1 is 0.806 bits per heavy atom. The Kier molecular flexibility index (Phi) is 19.2. The maximum atomic E-state index is 12.1. The molecule has 2 amide bonds. The molecule has 0 spiro atoms. The SMILES string of the molecule is CCC/C=C/CCC(=O)NC(C)CN(CCCO)CC(C)NC(=O)CC/C=C/CCC. The van der Waals surface area contributed by atoms with Gasteiger partial charge in [0.2, 0.25) is 11.8 Å². The second-order valence-electron chi connectivity index (χ2n) is 8.37. The number of amides is 2. The number of aliphatic hydroxyl groups is 1. The zero-order valence-corrected chi connectivity index (χ0v) is 20.4. The van der Waals surface area contributed by atoms with Crippen molar-refractivity contribution in [2.75, 3.05) is 26.2 Å². The van der Waals surface area contributed by atoms with Gasteiger partial charge < -0.3 is 15.7 Å². The predicted molar refractivity (Wildman–Crippen MR) is 130 cm³/mol. The zero-order chi connectivity index (χ0) is 23.3. The highest BCUT2D eigenvalue weighted by molar-refractivity contribution is 5.76. The number of aliphatic hydroxyl groups excluding tert-OH is 1. The average Bonchev–Trinajstić information content (AvgIpc) is 2.71. The molecule has 0 aliphatic carbocycles. The molecule has 0 aliphatic rings. The molecule has 0 radical (unpaired) electrons. The average molecular weight is 438 g/mol. The molecule has 0 aromatic heterocycles. The molecule has 0 rings (SSSR count). The van der Waals surface area contributed by atoms with Crippen LogP contribution in [0.4, 0.5) is 0 Å². The molecule has 6 heteroatoms. The second kappa shape index (κ2) is 20.3. The molecule has 31 heavy (non-hydrogen) atoms. The molecule has 0 heterocycles. The van der Waals surface area contributed by atoms with Gasteiger partial charge in [0.25, 0.3) is 0 Å². The molecule has 6 nitrogen and oxygen atoms in total. The van der Waals surface area contributed by atoms with Gasteiger partial charge in [-0.25, -0.2) is 0 Å². The molecular formula is C25H47N3O3. The first-order valence-electron chi connectivity index (χ1n) is 12.1. The molecule has 0 saturated carbocycles. The van der Waals surface area contributed by atoms with Crippen LogP contribution in [0.5, 0.6) is 0 Å². The fourth-order valence-electron chi connectivity index (χ4n) is 3.34. The van der Waals surface area contributed by atoms with E-state index in [1.54, 1.807) is 0 Å². The summed E-state index contributed by atoms with van der Waals surface area (Å²) in [4.78, 5) is 26.5. The Bertz CT molecular complexity index is 478. The van der Waals surface area contributed by atoms with Crippen molar-refractivity contribution in [3.8, 4) is 0 Å². The van der Waals surface area contributed by atoms with E-state index in [1.807, 2.05) is 13.8 Å². The topological polar surface area (TPSA) is 81.7 Å². The van der Waals surface area contributed by atoms with Gasteiger partial charge in [0.05, 0.1) is 0 Å². The summed E-state index contributed by atoms with van der Waals surface area (Å²) in [5, 5.41) is 15.3. The summed E-state index contributed by atoms with van der Waals surface area (Å²) < 4.78 is 0. The number of nitrogens with zero attached hydrogens (tertiary/aromatic N) is 1. The summed E-state index contributed by atoms with van der Waals surface area (Å²) in [6, 6.07) is 0.0230. The van der Waals surface area contributed by atoms with Crippen LogP contribution in [0.25, 0.3) is 0 Å². The summed E-state index contributed by atoms with van der Waals surface area (Å²) in [6.45, 7) is 10.5. The van der Waals surface area contributed by atoms with Crippen molar-refractivity contribution < 1.29 is 14.7 Å². The lowest BCUT2D eigenvalue weighted by Gasteiger charge is -2.29. The third-order valence-electron chi connectivity index (χ3n) is 4.83. The van der Waals surface area contributed by atoms with Crippen LogP contribution in [0, 0.1) is 0 Å². The maximum absolute atomic E-state index is 12.1. The molecule has 0 aromatic carbocycles. The third-order valence-corrected chi connectivity index (χ3v) is 4.83. The van der Waals surface area contributed by atoms with Gasteiger partial charge >= 0.3 is 0 Å². The van der Waals surface area contributed by atoms with Crippen molar-refractivity contribution in [1.29, 1.82) is 0 Å². The summed E-state index contributed by atoms with van der Waals surface area (Å²) >= 11 is 0. The molecule has 0 aliphatic heterocycles. The Morgan fingerprint density at radius 2 is 1.23 bits per heavy atom. The molecule has 180 valence electrons.